The van der Waals surface area contributed by atoms with Gasteiger partial charge < -0.3 is 9.47 Å². The van der Waals surface area contributed by atoms with Crippen LogP contribution in [-0.2, 0) is 9.47 Å². The van der Waals surface area contributed by atoms with Gasteiger partial charge >= 0.3 is 0 Å². The van der Waals surface area contributed by atoms with Gasteiger partial charge in [0.25, 0.3) is 0 Å². The highest BCUT2D eigenvalue weighted by atomic mass is 16.6. The molecule has 21 heavy (non-hydrogen) atoms. The maximum atomic E-state index is 5.77. The van der Waals surface area contributed by atoms with E-state index in [2.05, 4.69) is 41.5 Å². The van der Waals surface area contributed by atoms with E-state index >= 15 is 0 Å². The first-order valence-corrected chi connectivity index (χ1v) is 9.08. The van der Waals surface area contributed by atoms with Crippen LogP contribution in [0.3, 0.4) is 0 Å². The summed E-state index contributed by atoms with van der Waals surface area (Å²) in [5, 5.41) is 0. The number of epoxide rings is 2. The van der Waals surface area contributed by atoms with E-state index in [1.807, 2.05) is 0 Å². The van der Waals surface area contributed by atoms with Crippen LogP contribution in [0.4, 0.5) is 0 Å². The minimum atomic E-state index is 0.347. The Morgan fingerprint density at radius 1 is 1.05 bits per heavy atom. The zero-order valence-electron chi connectivity index (χ0n) is 14.8. The first-order chi connectivity index (χ1) is 9.77. The number of fused-ring (bicyclic) bond motifs is 1. The Labute approximate surface area is 131 Å². The van der Waals surface area contributed by atoms with Crippen molar-refractivity contribution in [2.75, 3.05) is 0 Å². The number of rotatable bonds is 6. The van der Waals surface area contributed by atoms with Crippen molar-refractivity contribution in [2.24, 2.45) is 22.7 Å². The molecule has 3 fully saturated rings. The summed E-state index contributed by atoms with van der Waals surface area (Å²) in [7, 11) is 0. The molecule has 0 aromatic heterocycles. The van der Waals surface area contributed by atoms with Gasteiger partial charge in [-0.05, 0) is 55.3 Å². The molecule has 2 heteroatoms. The summed E-state index contributed by atoms with van der Waals surface area (Å²) in [5.74, 6) is 1.56. The van der Waals surface area contributed by atoms with Crippen molar-refractivity contribution in [1.29, 1.82) is 0 Å². The predicted octanol–water partition coefficient (Wildman–Crippen LogP) is 4.81. The molecule has 2 nitrogen and oxygen atoms in total. The molecule has 122 valence electrons. The Morgan fingerprint density at radius 3 is 2.24 bits per heavy atom. The van der Waals surface area contributed by atoms with Gasteiger partial charge in [-0.1, -0.05) is 41.0 Å². The summed E-state index contributed by atoms with van der Waals surface area (Å²) in [4.78, 5) is 0. The molecule has 3 rings (SSSR count). The lowest BCUT2D eigenvalue weighted by atomic mass is 9.53. The minimum Gasteiger partial charge on any atom is -0.370 e. The van der Waals surface area contributed by atoms with E-state index in [1.165, 1.54) is 32.1 Å². The molecular formula is C19H34O2. The third-order valence-corrected chi connectivity index (χ3v) is 7.55. The molecule has 0 spiro atoms. The van der Waals surface area contributed by atoms with Gasteiger partial charge in [-0.3, -0.25) is 0 Å². The Hall–Kier alpha value is -0.0800. The minimum absolute atomic E-state index is 0.347. The van der Waals surface area contributed by atoms with Crippen LogP contribution in [0.2, 0.25) is 0 Å². The zero-order chi connectivity index (χ0) is 15.4. The van der Waals surface area contributed by atoms with Crippen LogP contribution in [0.15, 0.2) is 0 Å². The number of hydrogen-bond acceptors (Lipinski definition) is 2. The molecule has 2 heterocycles. The Balaban J connectivity index is 1.70. The first kappa shape index (κ1) is 15.8. The monoisotopic (exact) mass is 294 g/mol. The third-order valence-electron chi connectivity index (χ3n) is 7.55. The van der Waals surface area contributed by atoms with Gasteiger partial charge in [0, 0.05) is 0 Å². The van der Waals surface area contributed by atoms with Crippen molar-refractivity contribution < 1.29 is 9.47 Å². The van der Waals surface area contributed by atoms with Crippen LogP contribution in [0.1, 0.15) is 73.6 Å². The molecule has 0 bridgehead atoms. The fourth-order valence-corrected chi connectivity index (χ4v) is 4.84. The van der Waals surface area contributed by atoms with Crippen molar-refractivity contribution in [3.63, 3.8) is 0 Å². The second-order valence-corrected chi connectivity index (χ2v) is 8.89. The van der Waals surface area contributed by atoms with Gasteiger partial charge in [0.15, 0.2) is 0 Å². The Bertz CT molecular complexity index is 387. The van der Waals surface area contributed by atoms with Crippen molar-refractivity contribution in [1.82, 2.24) is 0 Å². The topological polar surface area (TPSA) is 25.1 Å². The Kier molecular flexibility index (Phi) is 3.94. The van der Waals surface area contributed by atoms with E-state index in [9.17, 15) is 0 Å². The quantitative estimate of drug-likeness (QED) is 0.657. The van der Waals surface area contributed by atoms with Gasteiger partial charge in [-0.2, -0.15) is 0 Å². The largest absolute Gasteiger partial charge is 0.370 e. The standard InChI is InChI=1S/C19H34O2/c1-7-13(10-16-12(2)20-16)18(3,4)19(5,6)14-8-9-15-17(11-14)21-15/h12-17H,7-11H2,1-6H3. The zero-order valence-corrected chi connectivity index (χ0v) is 14.8. The molecule has 0 amide bonds. The SMILES string of the molecule is CCC(CC1OC1C)C(C)(C)C(C)(C)C1CCC2OC2C1. The fourth-order valence-electron chi connectivity index (χ4n) is 4.84. The Morgan fingerprint density at radius 2 is 1.71 bits per heavy atom. The molecule has 6 atom stereocenters. The van der Waals surface area contributed by atoms with Gasteiger partial charge in [-0.15, -0.1) is 0 Å². The summed E-state index contributed by atoms with van der Waals surface area (Å²) in [6.07, 6.45) is 8.64. The van der Waals surface area contributed by atoms with Crippen molar-refractivity contribution >= 4 is 0 Å². The van der Waals surface area contributed by atoms with E-state index in [1.54, 1.807) is 0 Å². The predicted molar refractivity (Wildman–Crippen MR) is 86.3 cm³/mol. The van der Waals surface area contributed by atoms with Crippen LogP contribution < -0.4 is 0 Å². The average Bonchev–Trinajstić information content (AvgIpc) is 3.31. The summed E-state index contributed by atoms with van der Waals surface area (Å²) in [6, 6.07) is 0. The third kappa shape index (κ3) is 2.79. The summed E-state index contributed by atoms with van der Waals surface area (Å²) >= 11 is 0. The molecule has 6 unspecified atom stereocenters. The van der Waals surface area contributed by atoms with Crippen LogP contribution >= 0.6 is 0 Å². The van der Waals surface area contributed by atoms with Gasteiger partial charge in [-0.25, -0.2) is 0 Å². The molecule has 0 aromatic carbocycles. The van der Waals surface area contributed by atoms with Gasteiger partial charge in [0.2, 0.25) is 0 Å². The molecule has 0 radical (unpaired) electrons. The lowest BCUT2D eigenvalue weighted by Crippen LogP contribution is -2.45. The van der Waals surface area contributed by atoms with Crippen LogP contribution in [0, 0.1) is 22.7 Å². The second kappa shape index (κ2) is 5.23. The number of hydrogen-bond donors (Lipinski definition) is 0. The highest BCUT2D eigenvalue weighted by Gasteiger charge is 2.53. The number of ether oxygens (including phenoxy) is 2. The molecule has 2 saturated heterocycles. The summed E-state index contributed by atoms with van der Waals surface area (Å²) in [6.45, 7) is 14.6. The molecule has 1 aliphatic carbocycles. The molecular weight excluding hydrogens is 260 g/mol. The maximum Gasteiger partial charge on any atom is 0.0844 e. The molecule has 2 aliphatic heterocycles. The van der Waals surface area contributed by atoms with Crippen molar-refractivity contribution in [3.8, 4) is 0 Å². The van der Waals surface area contributed by atoms with Crippen LogP contribution in [-0.4, -0.2) is 24.4 Å². The highest BCUT2D eigenvalue weighted by Crippen LogP contribution is 2.57. The van der Waals surface area contributed by atoms with Gasteiger partial charge in [0.1, 0.15) is 0 Å². The first-order valence-electron chi connectivity index (χ1n) is 9.08. The lowest BCUT2D eigenvalue weighted by Gasteiger charge is -2.52. The highest BCUT2D eigenvalue weighted by molar-refractivity contribution is 5.02. The molecule has 0 aromatic rings. The molecule has 1 saturated carbocycles. The van der Waals surface area contributed by atoms with E-state index in [0.29, 0.717) is 35.2 Å². The van der Waals surface area contributed by atoms with E-state index in [0.717, 1.165) is 11.8 Å². The van der Waals surface area contributed by atoms with E-state index < -0.39 is 0 Å². The fraction of sp³-hybridized carbons (Fsp3) is 1.00. The van der Waals surface area contributed by atoms with Crippen LogP contribution in [0.5, 0.6) is 0 Å². The molecule has 3 aliphatic rings. The van der Waals surface area contributed by atoms with Crippen molar-refractivity contribution in [2.45, 2.75) is 98.1 Å². The van der Waals surface area contributed by atoms with E-state index in [4.69, 9.17) is 9.47 Å². The van der Waals surface area contributed by atoms with Crippen molar-refractivity contribution in [3.05, 3.63) is 0 Å². The van der Waals surface area contributed by atoms with E-state index in [-0.39, 0.29) is 0 Å². The maximum absolute atomic E-state index is 5.77. The smallest absolute Gasteiger partial charge is 0.0844 e. The van der Waals surface area contributed by atoms with Crippen LogP contribution in [0.25, 0.3) is 0 Å². The molecule has 0 N–H and O–H groups in total. The summed E-state index contributed by atoms with van der Waals surface area (Å²) in [5.41, 5.74) is 0.711. The normalized spacial score (nSPS) is 40.6. The second-order valence-electron chi connectivity index (χ2n) is 8.89. The average molecular weight is 294 g/mol. The van der Waals surface area contributed by atoms with Gasteiger partial charge in [0.05, 0.1) is 24.4 Å². The lowest BCUT2D eigenvalue weighted by molar-refractivity contribution is -0.0301. The summed E-state index contributed by atoms with van der Waals surface area (Å²) < 4.78 is 11.5.